The quantitative estimate of drug-likeness (QED) is 0.754. The van der Waals surface area contributed by atoms with Gasteiger partial charge in [-0.25, -0.2) is 0 Å². The molecular formula is C12H25NOS. The molecule has 0 spiro atoms. The van der Waals surface area contributed by atoms with E-state index in [1.54, 1.807) is 0 Å². The molecule has 90 valence electrons. The Bertz CT molecular complexity index is 225. The lowest BCUT2D eigenvalue weighted by molar-refractivity contribution is -0.132. The Balaban J connectivity index is 4.87. The van der Waals surface area contributed by atoms with Gasteiger partial charge in [0, 0.05) is 16.7 Å². The molecule has 3 heteroatoms. The van der Waals surface area contributed by atoms with Gasteiger partial charge in [-0.2, -0.15) is 12.6 Å². The first kappa shape index (κ1) is 15.0. The summed E-state index contributed by atoms with van der Waals surface area (Å²) in [6.07, 6.45) is 0. The average Bonchev–Trinajstić information content (AvgIpc) is 2.01. The third-order valence-electron chi connectivity index (χ3n) is 2.74. The van der Waals surface area contributed by atoms with E-state index >= 15 is 0 Å². The molecule has 15 heavy (non-hydrogen) atoms. The highest BCUT2D eigenvalue weighted by Crippen LogP contribution is 2.23. The predicted molar refractivity (Wildman–Crippen MR) is 69.6 cm³/mol. The number of rotatable bonds is 3. The van der Waals surface area contributed by atoms with Crippen LogP contribution in [0, 0.1) is 5.41 Å². The molecule has 0 heterocycles. The van der Waals surface area contributed by atoms with Gasteiger partial charge >= 0.3 is 0 Å². The maximum Gasteiger partial charge on any atom is 0.156 e. The summed E-state index contributed by atoms with van der Waals surface area (Å²) in [5.41, 5.74) is -0.304. The van der Waals surface area contributed by atoms with E-state index in [1.807, 2.05) is 27.8 Å². The monoisotopic (exact) mass is 231 g/mol. The largest absolute Gasteiger partial charge is 0.297 e. The van der Waals surface area contributed by atoms with Crippen LogP contribution in [0.15, 0.2) is 0 Å². The molecule has 0 rings (SSSR count). The number of hydrogen-bond acceptors (Lipinski definition) is 3. The van der Waals surface area contributed by atoms with Gasteiger partial charge in [-0.3, -0.25) is 9.69 Å². The highest BCUT2D eigenvalue weighted by molar-refractivity contribution is 7.80. The van der Waals surface area contributed by atoms with Crippen LogP contribution < -0.4 is 0 Å². The molecule has 0 radical (unpaired) electrons. The fourth-order valence-corrected chi connectivity index (χ4v) is 1.76. The molecule has 0 amide bonds. The molecular weight excluding hydrogens is 206 g/mol. The van der Waals surface area contributed by atoms with Crippen LogP contribution in [0.5, 0.6) is 0 Å². The second kappa shape index (κ2) is 4.88. The Labute approximate surface area is 99.8 Å². The van der Waals surface area contributed by atoms with Gasteiger partial charge in [-0.15, -0.1) is 0 Å². The van der Waals surface area contributed by atoms with Crippen LogP contribution in [0.25, 0.3) is 0 Å². The number of hydrogen-bond donors (Lipinski definition) is 1. The van der Waals surface area contributed by atoms with Crippen molar-refractivity contribution in [2.75, 3.05) is 12.8 Å². The molecule has 0 unspecified atom stereocenters. The van der Waals surface area contributed by atoms with Gasteiger partial charge < -0.3 is 0 Å². The van der Waals surface area contributed by atoms with Crippen molar-refractivity contribution in [3.63, 3.8) is 0 Å². The van der Waals surface area contributed by atoms with Crippen LogP contribution in [0.1, 0.15) is 41.5 Å². The zero-order chi connectivity index (χ0) is 12.4. The normalized spacial score (nSPS) is 15.5. The number of carbonyl (C=O) groups is 1. The van der Waals surface area contributed by atoms with Gasteiger partial charge in [-0.1, -0.05) is 20.8 Å². The molecule has 2 nitrogen and oxygen atoms in total. The minimum absolute atomic E-state index is 0.00565. The molecule has 1 atom stereocenters. The lowest BCUT2D eigenvalue weighted by Gasteiger charge is -2.39. The Morgan fingerprint density at radius 2 is 1.60 bits per heavy atom. The Morgan fingerprint density at radius 3 is 1.80 bits per heavy atom. The standard InChI is InChI=1S/C12H25NOS/c1-11(2,3)10(14)9(8-15)13(7)12(4,5)6/h9,15H,8H2,1-7H3/t9-/m1/s1. The number of ketones is 1. The SMILES string of the molecule is CN([C@H](CS)C(=O)C(C)(C)C)C(C)(C)C. The maximum atomic E-state index is 12.2. The summed E-state index contributed by atoms with van der Waals surface area (Å²) in [7, 11) is 1.99. The molecule has 0 saturated heterocycles. The van der Waals surface area contributed by atoms with E-state index in [4.69, 9.17) is 0 Å². The van der Waals surface area contributed by atoms with Crippen molar-refractivity contribution in [2.24, 2.45) is 5.41 Å². The fourth-order valence-electron chi connectivity index (χ4n) is 1.35. The Kier molecular flexibility index (Phi) is 4.87. The number of likely N-dealkylation sites (N-methyl/N-ethyl adjacent to an activating group) is 1. The lowest BCUT2D eigenvalue weighted by atomic mass is 9.85. The molecule has 0 bridgehead atoms. The molecule has 0 aromatic heterocycles. The van der Waals surface area contributed by atoms with Crippen LogP contribution in [-0.2, 0) is 4.79 Å². The summed E-state index contributed by atoms with van der Waals surface area (Å²) in [5.74, 6) is 0.832. The van der Waals surface area contributed by atoms with Crippen molar-refractivity contribution < 1.29 is 4.79 Å². The number of thiol groups is 1. The summed E-state index contributed by atoms with van der Waals surface area (Å²) in [5, 5.41) is 0. The van der Waals surface area contributed by atoms with Crippen molar-refractivity contribution in [3.05, 3.63) is 0 Å². The van der Waals surface area contributed by atoms with E-state index < -0.39 is 0 Å². The second-order valence-electron chi connectivity index (χ2n) is 6.09. The minimum atomic E-state index is -0.299. The summed E-state index contributed by atoms with van der Waals surface area (Å²) in [4.78, 5) is 14.3. The highest BCUT2D eigenvalue weighted by atomic mass is 32.1. The maximum absolute atomic E-state index is 12.2. The van der Waals surface area contributed by atoms with Gasteiger partial charge in [0.05, 0.1) is 6.04 Å². The van der Waals surface area contributed by atoms with Crippen molar-refractivity contribution in [2.45, 2.75) is 53.1 Å². The van der Waals surface area contributed by atoms with Crippen LogP contribution in [0.3, 0.4) is 0 Å². The van der Waals surface area contributed by atoms with Crippen LogP contribution >= 0.6 is 12.6 Å². The third kappa shape index (κ3) is 4.15. The van der Waals surface area contributed by atoms with E-state index in [1.165, 1.54) is 0 Å². The van der Waals surface area contributed by atoms with Crippen molar-refractivity contribution in [1.29, 1.82) is 0 Å². The summed E-state index contributed by atoms with van der Waals surface area (Å²) in [6.45, 7) is 12.2. The summed E-state index contributed by atoms with van der Waals surface area (Å²) in [6, 6.07) is -0.103. The van der Waals surface area contributed by atoms with Crippen molar-refractivity contribution >= 4 is 18.4 Å². The van der Waals surface area contributed by atoms with Gasteiger partial charge in [-0.05, 0) is 27.8 Å². The molecule has 0 N–H and O–H groups in total. The Morgan fingerprint density at radius 1 is 1.20 bits per heavy atom. The summed E-state index contributed by atoms with van der Waals surface area (Å²) < 4.78 is 0. The van der Waals surface area contributed by atoms with Crippen LogP contribution in [0.4, 0.5) is 0 Å². The number of Topliss-reactive ketones (excluding diaryl/α,β-unsaturated/α-hetero) is 1. The van der Waals surface area contributed by atoms with Crippen LogP contribution in [-0.4, -0.2) is 35.1 Å². The lowest BCUT2D eigenvalue weighted by Crippen LogP contribution is -2.52. The number of carbonyl (C=O) groups excluding carboxylic acids is 1. The minimum Gasteiger partial charge on any atom is -0.297 e. The molecule has 0 aliphatic rings. The van der Waals surface area contributed by atoms with E-state index in [9.17, 15) is 4.79 Å². The van der Waals surface area contributed by atoms with E-state index in [-0.39, 0.29) is 22.8 Å². The highest BCUT2D eigenvalue weighted by Gasteiger charge is 2.35. The van der Waals surface area contributed by atoms with E-state index in [0.29, 0.717) is 5.75 Å². The summed E-state index contributed by atoms with van der Waals surface area (Å²) >= 11 is 4.30. The second-order valence-corrected chi connectivity index (χ2v) is 6.46. The third-order valence-corrected chi connectivity index (χ3v) is 3.09. The average molecular weight is 231 g/mol. The zero-order valence-corrected chi connectivity index (χ0v) is 12.0. The van der Waals surface area contributed by atoms with Crippen molar-refractivity contribution in [1.82, 2.24) is 4.90 Å². The Hall–Kier alpha value is -0.0200. The van der Waals surface area contributed by atoms with Gasteiger partial charge in [0.1, 0.15) is 0 Å². The van der Waals surface area contributed by atoms with E-state index in [0.717, 1.165) is 0 Å². The smallest absolute Gasteiger partial charge is 0.156 e. The molecule has 0 aliphatic carbocycles. The first-order valence-corrected chi connectivity index (χ1v) is 6.03. The molecule has 0 saturated carbocycles. The first-order valence-electron chi connectivity index (χ1n) is 5.40. The zero-order valence-electron chi connectivity index (χ0n) is 11.1. The first-order chi connectivity index (χ1) is 6.51. The molecule has 0 aromatic carbocycles. The van der Waals surface area contributed by atoms with Gasteiger partial charge in [0.2, 0.25) is 0 Å². The fraction of sp³-hybridized carbons (Fsp3) is 0.917. The molecule has 0 aromatic rings. The van der Waals surface area contributed by atoms with E-state index in [2.05, 4.69) is 38.3 Å². The predicted octanol–water partition coefficient (Wildman–Crippen LogP) is 2.63. The molecule has 0 fully saturated rings. The van der Waals surface area contributed by atoms with Crippen molar-refractivity contribution in [3.8, 4) is 0 Å². The van der Waals surface area contributed by atoms with Gasteiger partial charge in [0.15, 0.2) is 5.78 Å². The number of nitrogens with zero attached hydrogens (tertiary/aromatic N) is 1. The topological polar surface area (TPSA) is 20.3 Å². The van der Waals surface area contributed by atoms with Crippen LogP contribution in [0.2, 0.25) is 0 Å². The van der Waals surface area contributed by atoms with Gasteiger partial charge in [0.25, 0.3) is 0 Å². The molecule has 0 aliphatic heterocycles.